The fourth-order valence-corrected chi connectivity index (χ4v) is 4.79. The van der Waals surface area contributed by atoms with E-state index >= 15 is 0 Å². The molecule has 2 aliphatic rings. The van der Waals surface area contributed by atoms with Gasteiger partial charge in [0.25, 0.3) is 0 Å². The van der Waals surface area contributed by atoms with E-state index in [9.17, 15) is 4.79 Å². The molecule has 1 aliphatic carbocycles. The minimum Gasteiger partial charge on any atom is -0.311 e. The minimum absolute atomic E-state index is 0.144. The van der Waals surface area contributed by atoms with Gasteiger partial charge in [-0.25, -0.2) is 9.67 Å². The van der Waals surface area contributed by atoms with E-state index in [1.807, 2.05) is 16.8 Å². The first-order valence-electron chi connectivity index (χ1n) is 9.67. The van der Waals surface area contributed by atoms with Crippen molar-refractivity contribution in [3.63, 3.8) is 0 Å². The molecule has 0 unspecified atom stereocenters. The summed E-state index contributed by atoms with van der Waals surface area (Å²) in [7, 11) is 0. The molecule has 0 radical (unpaired) electrons. The average Bonchev–Trinajstić information content (AvgIpc) is 3.31. The van der Waals surface area contributed by atoms with Crippen molar-refractivity contribution in [1.29, 1.82) is 0 Å². The highest BCUT2D eigenvalue weighted by Gasteiger charge is 2.31. The molecule has 1 saturated carbocycles. The van der Waals surface area contributed by atoms with Crippen molar-refractivity contribution in [3.05, 3.63) is 41.5 Å². The van der Waals surface area contributed by atoms with Crippen LogP contribution in [0.3, 0.4) is 0 Å². The summed E-state index contributed by atoms with van der Waals surface area (Å²) in [4.78, 5) is 19.3. The zero-order valence-electron chi connectivity index (χ0n) is 15.2. The number of benzene rings is 1. The normalized spacial score (nSPS) is 18.8. The molecule has 140 valence electrons. The van der Waals surface area contributed by atoms with Gasteiger partial charge in [0.15, 0.2) is 0 Å². The van der Waals surface area contributed by atoms with Crippen molar-refractivity contribution in [1.82, 2.24) is 19.7 Å². The second-order valence-electron chi connectivity index (χ2n) is 7.51. The van der Waals surface area contributed by atoms with Gasteiger partial charge in [-0.2, -0.15) is 5.10 Å². The largest absolute Gasteiger partial charge is 0.311 e. The molecule has 1 saturated heterocycles. The van der Waals surface area contributed by atoms with E-state index in [-0.39, 0.29) is 11.8 Å². The predicted molar refractivity (Wildman–Crippen MR) is 107 cm³/mol. The topological polar surface area (TPSA) is 63.1 Å². The molecule has 0 atom stereocenters. The highest BCUT2D eigenvalue weighted by atomic mass is 32.1. The number of carbonyl (C=O) groups excluding carboxylic acids is 1. The molecule has 6 nitrogen and oxygen atoms in total. The second-order valence-corrected chi connectivity index (χ2v) is 8.62. The highest BCUT2D eigenvalue weighted by Crippen LogP contribution is 2.32. The van der Waals surface area contributed by atoms with Crippen molar-refractivity contribution in [2.45, 2.75) is 38.3 Å². The van der Waals surface area contributed by atoms with Crippen molar-refractivity contribution in [2.24, 2.45) is 5.92 Å². The maximum Gasteiger partial charge on any atom is 0.228 e. The summed E-state index contributed by atoms with van der Waals surface area (Å²) in [6, 6.07) is 10.6. The number of amides is 1. The molecule has 3 aromatic rings. The van der Waals surface area contributed by atoms with Crippen LogP contribution in [0.1, 0.15) is 36.7 Å². The summed E-state index contributed by atoms with van der Waals surface area (Å²) in [6.45, 7) is 2.96. The number of aromatic nitrogens is 3. The average molecular weight is 382 g/mol. The Hall–Kier alpha value is -2.25. The van der Waals surface area contributed by atoms with Gasteiger partial charge in [-0.15, -0.1) is 11.3 Å². The molecule has 2 aromatic heterocycles. The van der Waals surface area contributed by atoms with Crippen LogP contribution < -0.4 is 5.32 Å². The van der Waals surface area contributed by atoms with E-state index in [0.717, 1.165) is 56.7 Å². The number of hydrogen-bond acceptors (Lipinski definition) is 5. The molecule has 1 N–H and O–H groups in total. The van der Waals surface area contributed by atoms with Gasteiger partial charge in [-0.3, -0.25) is 9.69 Å². The zero-order valence-corrected chi connectivity index (χ0v) is 16.0. The molecule has 27 heavy (non-hydrogen) atoms. The summed E-state index contributed by atoms with van der Waals surface area (Å²) >= 11 is 1.79. The quantitative estimate of drug-likeness (QED) is 0.732. The number of hydrogen-bond donors (Lipinski definition) is 1. The van der Waals surface area contributed by atoms with Gasteiger partial charge in [0.2, 0.25) is 5.91 Å². The molecule has 5 rings (SSSR count). The van der Waals surface area contributed by atoms with Crippen LogP contribution in [-0.4, -0.2) is 38.7 Å². The number of likely N-dealkylation sites (tertiary alicyclic amines) is 1. The van der Waals surface area contributed by atoms with Gasteiger partial charge < -0.3 is 5.32 Å². The third kappa shape index (κ3) is 3.61. The number of fused-ring (bicyclic) bond motifs is 1. The number of carbonyl (C=O) groups is 1. The van der Waals surface area contributed by atoms with Crippen LogP contribution in [-0.2, 0) is 11.3 Å². The molecule has 2 fully saturated rings. The molecule has 1 amide bonds. The summed E-state index contributed by atoms with van der Waals surface area (Å²) in [5.41, 5.74) is 1.10. The van der Waals surface area contributed by atoms with Crippen molar-refractivity contribution < 1.29 is 4.79 Å². The van der Waals surface area contributed by atoms with Crippen LogP contribution in [0.15, 0.2) is 36.5 Å². The Morgan fingerprint density at radius 2 is 1.96 bits per heavy atom. The monoisotopic (exact) mass is 381 g/mol. The van der Waals surface area contributed by atoms with Gasteiger partial charge in [0.1, 0.15) is 10.8 Å². The van der Waals surface area contributed by atoms with Crippen LogP contribution in [0, 0.1) is 5.92 Å². The summed E-state index contributed by atoms with van der Waals surface area (Å²) in [6.07, 6.45) is 5.90. The predicted octanol–water partition coefficient (Wildman–Crippen LogP) is 3.68. The van der Waals surface area contributed by atoms with E-state index in [1.54, 1.807) is 17.5 Å². The Kier molecular flexibility index (Phi) is 4.41. The molecule has 1 aliphatic heterocycles. The Morgan fingerprint density at radius 1 is 1.15 bits per heavy atom. The SMILES string of the molecule is O=C(Nc1ccnn1C1CCN(Cc2nc3ccccc3s2)CC1)C1CC1. The Morgan fingerprint density at radius 3 is 2.74 bits per heavy atom. The van der Waals surface area contributed by atoms with E-state index in [2.05, 4.69) is 33.5 Å². The van der Waals surface area contributed by atoms with Crippen molar-refractivity contribution in [2.75, 3.05) is 18.4 Å². The van der Waals surface area contributed by atoms with E-state index in [4.69, 9.17) is 4.98 Å². The maximum absolute atomic E-state index is 12.1. The lowest BCUT2D eigenvalue weighted by Gasteiger charge is -2.32. The number of nitrogens with one attached hydrogen (secondary N) is 1. The second kappa shape index (κ2) is 7.05. The molecule has 7 heteroatoms. The van der Waals surface area contributed by atoms with Crippen LogP contribution in [0.2, 0.25) is 0 Å². The maximum atomic E-state index is 12.1. The number of thiazole rings is 1. The van der Waals surface area contributed by atoms with Gasteiger partial charge in [0, 0.05) is 25.1 Å². The molecular weight excluding hydrogens is 358 g/mol. The fourth-order valence-electron chi connectivity index (χ4n) is 3.78. The number of para-hydroxylation sites is 1. The summed E-state index contributed by atoms with van der Waals surface area (Å²) in [5.74, 6) is 1.20. The van der Waals surface area contributed by atoms with Crippen molar-refractivity contribution >= 4 is 33.3 Å². The summed E-state index contributed by atoms with van der Waals surface area (Å²) < 4.78 is 3.27. The minimum atomic E-state index is 0.144. The standard InChI is InChI=1S/C20H23N5OS/c26-20(14-5-6-14)23-18-7-10-21-25(18)15-8-11-24(12-9-15)13-19-22-16-3-1-2-4-17(16)27-19/h1-4,7,10,14-15H,5-6,8-9,11-13H2,(H,23,26). The number of piperidine rings is 1. The van der Waals surface area contributed by atoms with Crippen LogP contribution in [0.5, 0.6) is 0 Å². The smallest absolute Gasteiger partial charge is 0.228 e. The zero-order chi connectivity index (χ0) is 18.2. The summed E-state index contributed by atoms with van der Waals surface area (Å²) in [5, 5.41) is 8.73. The first-order valence-corrected chi connectivity index (χ1v) is 10.5. The van der Waals surface area contributed by atoms with E-state index in [0.29, 0.717) is 6.04 Å². The Labute approximate surface area is 162 Å². The fraction of sp³-hybridized carbons (Fsp3) is 0.450. The lowest BCUT2D eigenvalue weighted by Crippen LogP contribution is -2.35. The molecule has 1 aromatic carbocycles. The van der Waals surface area contributed by atoms with E-state index in [1.165, 1.54) is 9.71 Å². The molecule has 0 spiro atoms. The highest BCUT2D eigenvalue weighted by molar-refractivity contribution is 7.18. The van der Waals surface area contributed by atoms with Gasteiger partial charge in [-0.05, 0) is 37.8 Å². The Bertz CT molecular complexity index is 919. The number of rotatable bonds is 5. The van der Waals surface area contributed by atoms with Gasteiger partial charge in [-0.1, -0.05) is 12.1 Å². The first-order chi connectivity index (χ1) is 13.3. The molecular formula is C20H23N5OS. The van der Waals surface area contributed by atoms with Gasteiger partial charge in [0.05, 0.1) is 29.0 Å². The third-order valence-corrected chi connectivity index (χ3v) is 6.49. The number of anilines is 1. The lowest BCUT2D eigenvalue weighted by atomic mass is 10.1. The lowest BCUT2D eigenvalue weighted by molar-refractivity contribution is -0.117. The van der Waals surface area contributed by atoms with Crippen LogP contribution >= 0.6 is 11.3 Å². The molecule has 0 bridgehead atoms. The Balaban J connectivity index is 1.20. The van der Waals surface area contributed by atoms with Gasteiger partial charge >= 0.3 is 0 Å². The van der Waals surface area contributed by atoms with Crippen LogP contribution in [0.25, 0.3) is 10.2 Å². The number of nitrogens with zero attached hydrogens (tertiary/aromatic N) is 4. The first kappa shape index (κ1) is 16.9. The van der Waals surface area contributed by atoms with E-state index < -0.39 is 0 Å². The van der Waals surface area contributed by atoms with Crippen LogP contribution in [0.4, 0.5) is 5.82 Å². The molecule has 3 heterocycles. The third-order valence-electron chi connectivity index (χ3n) is 5.47. The van der Waals surface area contributed by atoms with Crippen molar-refractivity contribution in [3.8, 4) is 0 Å².